The average molecular weight is 488 g/mol. The van der Waals surface area contributed by atoms with Gasteiger partial charge in [0.15, 0.2) is 5.13 Å². The summed E-state index contributed by atoms with van der Waals surface area (Å²) in [6.45, 7) is 3.74. The van der Waals surface area contributed by atoms with E-state index in [9.17, 15) is 14.0 Å². The number of benzene rings is 2. The summed E-state index contributed by atoms with van der Waals surface area (Å²) in [6, 6.07) is 11.2. The lowest BCUT2D eigenvalue weighted by molar-refractivity contribution is -0.116. The molecule has 1 aromatic heterocycles. The third kappa shape index (κ3) is 4.85. The van der Waals surface area contributed by atoms with Crippen LogP contribution in [0.5, 0.6) is 0 Å². The maximum Gasteiger partial charge on any atom is 0.255 e. The molecule has 2 aliphatic heterocycles. The van der Waals surface area contributed by atoms with E-state index in [1.165, 1.54) is 22.3 Å². The number of nitrogens with one attached hydrogen (secondary N) is 2. The molecule has 3 heterocycles. The molecule has 2 N–H and O–H groups in total. The zero-order valence-corrected chi connectivity index (χ0v) is 19.3. The number of halogens is 2. The van der Waals surface area contributed by atoms with E-state index in [-0.39, 0.29) is 37.3 Å². The minimum atomic E-state index is -0.431. The molecular weight excluding hydrogens is 465 g/mol. The molecule has 33 heavy (non-hydrogen) atoms. The smallest absolute Gasteiger partial charge is 0.255 e. The Morgan fingerprint density at radius 2 is 1.91 bits per heavy atom. The van der Waals surface area contributed by atoms with Crippen LogP contribution in [0.2, 0.25) is 0 Å². The Morgan fingerprint density at radius 1 is 1.15 bits per heavy atom. The molecule has 0 unspecified atom stereocenters. The first-order valence-electron chi connectivity index (χ1n) is 10.5. The molecule has 1 saturated heterocycles. The van der Waals surface area contributed by atoms with E-state index in [2.05, 4.69) is 20.5 Å². The van der Waals surface area contributed by atoms with Gasteiger partial charge in [-0.3, -0.25) is 9.59 Å². The molecule has 7 nitrogen and oxygen atoms in total. The number of piperazine rings is 1. The lowest BCUT2D eigenvalue weighted by atomic mass is 9.99. The third-order valence-corrected chi connectivity index (χ3v) is 6.45. The van der Waals surface area contributed by atoms with Gasteiger partial charge < -0.3 is 20.4 Å². The number of amides is 2. The van der Waals surface area contributed by atoms with Crippen LogP contribution >= 0.6 is 23.7 Å². The van der Waals surface area contributed by atoms with Crippen molar-refractivity contribution < 1.29 is 14.0 Å². The molecule has 2 aliphatic rings. The highest BCUT2D eigenvalue weighted by atomic mass is 35.5. The highest BCUT2D eigenvalue weighted by Gasteiger charge is 2.32. The average Bonchev–Trinajstić information content (AvgIpc) is 3.43. The van der Waals surface area contributed by atoms with Crippen LogP contribution in [0.15, 0.2) is 48.0 Å². The lowest BCUT2D eigenvalue weighted by Gasteiger charge is -2.29. The van der Waals surface area contributed by atoms with E-state index in [0.717, 1.165) is 37.4 Å². The second-order valence-electron chi connectivity index (χ2n) is 7.81. The predicted molar refractivity (Wildman–Crippen MR) is 130 cm³/mol. The Labute approximate surface area is 201 Å². The number of rotatable bonds is 5. The SMILES string of the molecule is Cl.O=C(CN1Cc2c(F)cc(-c3ccc(N4CCNCC4)cc3)cc2C1=O)Nc1nccs1. The van der Waals surface area contributed by atoms with Crippen molar-refractivity contribution in [1.82, 2.24) is 15.2 Å². The molecule has 3 aromatic rings. The standard InChI is InChI=1S/C23H22FN5O2S.ClH/c24-20-12-16(15-1-3-17(4-2-15)28-8-5-25-6-9-28)11-18-19(20)13-29(22(18)31)14-21(30)27-23-26-7-10-32-23;/h1-4,7,10-12,25H,5-6,8-9,13-14H2,(H,26,27,30);1H. The Kier molecular flexibility index (Phi) is 6.92. The highest BCUT2D eigenvalue weighted by molar-refractivity contribution is 7.13. The Morgan fingerprint density at radius 3 is 2.61 bits per heavy atom. The maximum absolute atomic E-state index is 14.9. The summed E-state index contributed by atoms with van der Waals surface area (Å²) in [6.07, 6.45) is 1.59. The van der Waals surface area contributed by atoms with Crippen molar-refractivity contribution in [3.05, 3.63) is 64.9 Å². The van der Waals surface area contributed by atoms with Crippen molar-refractivity contribution in [3.8, 4) is 11.1 Å². The normalized spacial score (nSPS) is 15.2. The first-order chi connectivity index (χ1) is 15.6. The molecule has 2 amide bonds. The summed E-state index contributed by atoms with van der Waals surface area (Å²) in [5.41, 5.74) is 3.27. The molecular formula is C23H23ClFN5O2S. The topological polar surface area (TPSA) is 77.6 Å². The number of hydrogen-bond donors (Lipinski definition) is 2. The van der Waals surface area contributed by atoms with Gasteiger partial charge in [-0.1, -0.05) is 12.1 Å². The minimum absolute atomic E-state index is 0. The zero-order chi connectivity index (χ0) is 22.1. The molecule has 1 fully saturated rings. The van der Waals surface area contributed by atoms with E-state index in [1.54, 1.807) is 17.6 Å². The van der Waals surface area contributed by atoms with Gasteiger partial charge in [0.25, 0.3) is 5.91 Å². The molecule has 0 atom stereocenters. The second kappa shape index (κ2) is 9.86. The lowest BCUT2D eigenvalue weighted by Crippen LogP contribution is -2.43. The predicted octanol–water partition coefficient (Wildman–Crippen LogP) is 3.38. The zero-order valence-electron chi connectivity index (χ0n) is 17.7. The van der Waals surface area contributed by atoms with Crippen LogP contribution in [-0.2, 0) is 11.3 Å². The number of aromatic nitrogens is 1. The molecule has 0 saturated carbocycles. The summed E-state index contributed by atoms with van der Waals surface area (Å²) >= 11 is 1.30. The fourth-order valence-electron chi connectivity index (χ4n) is 4.12. The van der Waals surface area contributed by atoms with Gasteiger partial charge in [0.05, 0.1) is 6.54 Å². The highest BCUT2D eigenvalue weighted by Crippen LogP contribution is 2.32. The summed E-state index contributed by atoms with van der Waals surface area (Å²) in [5, 5.41) is 8.21. The summed E-state index contributed by atoms with van der Waals surface area (Å²) in [4.78, 5) is 32.8. The monoisotopic (exact) mass is 487 g/mol. The van der Waals surface area contributed by atoms with Gasteiger partial charge >= 0.3 is 0 Å². The summed E-state index contributed by atoms with van der Waals surface area (Å²) < 4.78 is 14.9. The van der Waals surface area contributed by atoms with Crippen molar-refractivity contribution in [1.29, 1.82) is 0 Å². The summed E-state index contributed by atoms with van der Waals surface area (Å²) in [7, 11) is 0. The van der Waals surface area contributed by atoms with Crippen LogP contribution in [0, 0.1) is 5.82 Å². The number of fused-ring (bicyclic) bond motifs is 1. The van der Waals surface area contributed by atoms with Crippen molar-refractivity contribution in [2.24, 2.45) is 0 Å². The van der Waals surface area contributed by atoms with Gasteiger partial charge in [-0.05, 0) is 35.4 Å². The molecule has 10 heteroatoms. The van der Waals surface area contributed by atoms with Crippen LogP contribution in [0.3, 0.4) is 0 Å². The number of hydrogen-bond acceptors (Lipinski definition) is 6. The Bertz CT molecular complexity index is 1150. The summed E-state index contributed by atoms with van der Waals surface area (Å²) in [5.74, 6) is -1.13. The minimum Gasteiger partial charge on any atom is -0.369 e. The van der Waals surface area contributed by atoms with E-state index in [4.69, 9.17) is 0 Å². The number of thiazole rings is 1. The van der Waals surface area contributed by atoms with Gasteiger partial charge in [-0.25, -0.2) is 9.37 Å². The number of carbonyl (C=O) groups is 2. The van der Waals surface area contributed by atoms with Crippen molar-refractivity contribution in [2.45, 2.75) is 6.54 Å². The van der Waals surface area contributed by atoms with Crippen LogP contribution < -0.4 is 15.5 Å². The molecule has 0 radical (unpaired) electrons. The molecule has 0 spiro atoms. The Hall–Kier alpha value is -3.01. The van der Waals surface area contributed by atoms with Gasteiger partial charge in [0.2, 0.25) is 5.91 Å². The van der Waals surface area contributed by atoms with Gasteiger partial charge in [0, 0.05) is 54.6 Å². The third-order valence-electron chi connectivity index (χ3n) is 5.76. The fourth-order valence-corrected chi connectivity index (χ4v) is 4.67. The van der Waals surface area contributed by atoms with E-state index < -0.39 is 5.82 Å². The van der Waals surface area contributed by atoms with Crippen molar-refractivity contribution >= 4 is 46.4 Å². The van der Waals surface area contributed by atoms with Gasteiger partial charge in [0.1, 0.15) is 12.4 Å². The Balaban J connectivity index is 0.00000259. The molecule has 5 rings (SSSR count). The van der Waals surface area contributed by atoms with Gasteiger partial charge in [-0.15, -0.1) is 23.7 Å². The van der Waals surface area contributed by atoms with Crippen LogP contribution in [0.1, 0.15) is 15.9 Å². The molecule has 0 bridgehead atoms. The van der Waals surface area contributed by atoms with Crippen LogP contribution in [0.25, 0.3) is 11.1 Å². The van der Waals surface area contributed by atoms with Crippen LogP contribution in [-0.4, -0.2) is 54.4 Å². The van der Waals surface area contributed by atoms with Gasteiger partial charge in [-0.2, -0.15) is 0 Å². The van der Waals surface area contributed by atoms with E-state index in [1.807, 2.05) is 24.3 Å². The molecule has 0 aliphatic carbocycles. The quantitative estimate of drug-likeness (QED) is 0.577. The number of carbonyl (C=O) groups excluding carboxylic acids is 2. The van der Waals surface area contributed by atoms with Crippen molar-refractivity contribution in [3.63, 3.8) is 0 Å². The molecule has 172 valence electrons. The van der Waals surface area contributed by atoms with E-state index in [0.29, 0.717) is 21.8 Å². The van der Waals surface area contributed by atoms with Crippen molar-refractivity contribution in [2.75, 3.05) is 42.9 Å². The first kappa shape index (κ1) is 23.2. The number of anilines is 2. The fraction of sp³-hybridized carbons (Fsp3) is 0.261. The van der Waals surface area contributed by atoms with E-state index >= 15 is 0 Å². The molecule has 2 aromatic carbocycles. The van der Waals surface area contributed by atoms with Crippen LogP contribution in [0.4, 0.5) is 15.2 Å². The number of nitrogens with zero attached hydrogens (tertiary/aromatic N) is 3. The maximum atomic E-state index is 14.9. The first-order valence-corrected chi connectivity index (χ1v) is 11.3. The largest absolute Gasteiger partial charge is 0.369 e. The second-order valence-corrected chi connectivity index (χ2v) is 8.71.